The first kappa shape index (κ1) is 17.5. The second kappa shape index (κ2) is 7.75. The van der Waals surface area contributed by atoms with Gasteiger partial charge in [-0.25, -0.2) is 4.98 Å². The van der Waals surface area contributed by atoms with Crippen LogP contribution in [0.2, 0.25) is 10.0 Å². The molecule has 0 saturated carbocycles. The molecule has 4 rings (SSSR count). The standard InChI is InChI=1S/C21H16Cl2N2S/c22-16-8-10-18(11-9-16)26-14-21-24-19-6-1-2-7-20(19)25(21)13-15-4-3-5-17(23)12-15/h1-12H,13-14H2. The maximum atomic E-state index is 6.16. The molecule has 0 bridgehead atoms. The van der Waals surface area contributed by atoms with Crippen molar-refractivity contribution in [1.29, 1.82) is 0 Å². The van der Waals surface area contributed by atoms with Crippen molar-refractivity contribution in [3.8, 4) is 0 Å². The van der Waals surface area contributed by atoms with Gasteiger partial charge < -0.3 is 4.57 Å². The molecule has 0 aliphatic rings. The second-order valence-corrected chi connectivity index (χ2v) is 7.90. The van der Waals surface area contributed by atoms with Crippen molar-refractivity contribution in [1.82, 2.24) is 9.55 Å². The van der Waals surface area contributed by atoms with Gasteiger partial charge in [-0.3, -0.25) is 0 Å². The number of imidazole rings is 1. The number of fused-ring (bicyclic) bond motifs is 1. The fourth-order valence-corrected chi connectivity index (χ4v) is 4.09. The molecule has 0 saturated heterocycles. The highest BCUT2D eigenvalue weighted by atomic mass is 35.5. The highest BCUT2D eigenvalue weighted by Gasteiger charge is 2.11. The lowest BCUT2D eigenvalue weighted by Crippen LogP contribution is -2.04. The maximum absolute atomic E-state index is 6.16. The van der Waals surface area contributed by atoms with E-state index in [-0.39, 0.29) is 0 Å². The van der Waals surface area contributed by atoms with E-state index in [1.165, 1.54) is 10.5 Å². The normalized spacial score (nSPS) is 11.2. The molecule has 1 aromatic heterocycles. The summed E-state index contributed by atoms with van der Waals surface area (Å²) in [6.07, 6.45) is 0. The lowest BCUT2D eigenvalue weighted by Gasteiger charge is -2.10. The summed E-state index contributed by atoms with van der Waals surface area (Å²) in [5.41, 5.74) is 3.32. The van der Waals surface area contributed by atoms with Gasteiger partial charge in [0.05, 0.1) is 16.8 Å². The van der Waals surface area contributed by atoms with Crippen LogP contribution < -0.4 is 0 Å². The molecule has 0 radical (unpaired) electrons. The summed E-state index contributed by atoms with van der Waals surface area (Å²) in [7, 11) is 0. The zero-order valence-electron chi connectivity index (χ0n) is 13.9. The zero-order valence-corrected chi connectivity index (χ0v) is 16.2. The number of halogens is 2. The minimum absolute atomic E-state index is 0.748. The van der Waals surface area contributed by atoms with E-state index < -0.39 is 0 Å². The van der Waals surface area contributed by atoms with Gasteiger partial charge in [0.1, 0.15) is 5.82 Å². The van der Waals surface area contributed by atoms with E-state index in [0.29, 0.717) is 0 Å². The van der Waals surface area contributed by atoms with Crippen molar-refractivity contribution in [2.75, 3.05) is 0 Å². The van der Waals surface area contributed by atoms with Crippen molar-refractivity contribution < 1.29 is 0 Å². The maximum Gasteiger partial charge on any atom is 0.120 e. The smallest absolute Gasteiger partial charge is 0.120 e. The molecule has 0 aliphatic carbocycles. The monoisotopic (exact) mass is 398 g/mol. The van der Waals surface area contributed by atoms with E-state index >= 15 is 0 Å². The van der Waals surface area contributed by atoms with Crippen LogP contribution in [0.4, 0.5) is 0 Å². The zero-order chi connectivity index (χ0) is 17.9. The molecular weight excluding hydrogens is 383 g/mol. The van der Waals surface area contributed by atoms with Crippen molar-refractivity contribution in [3.05, 3.63) is 94.2 Å². The van der Waals surface area contributed by atoms with Crippen LogP contribution in [0.3, 0.4) is 0 Å². The van der Waals surface area contributed by atoms with E-state index in [9.17, 15) is 0 Å². The number of para-hydroxylation sites is 2. The third kappa shape index (κ3) is 3.90. The first-order valence-corrected chi connectivity index (χ1v) is 10.0. The number of hydrogen-bond donors (Lipinski definition) is 0. The quantitative estimate of drug-likeness (QED) is 0.348. The average Bonchev–Trinajstić information content (AvgIpc) is 2.99. The van der Waals surface area contributed by atoms with Gasteiger partial charge in [0.15, 0.2) is 0 Å². The minimum atomic E-state index is 0.748. The van der Waals surface area contributed by atoms with Crippen LogP contribution in [0.15, 0.2) is 77.7 Å². The molecule has 0 N–H and O–H groups in total. The Morgan fingerprint density at radius 2 is 1.65 bits per heavy atom. The molecule has 1 heterocycles. The van der Waals surface area contributed by atoms with Crippen molar-refractivity contribution in [2.45, 2.75) is 17.2 Å². The molecule has 0 spiro atoms. The number of thioether (sulfide) groups is 1. The first-order chi connectivity index (χ1) is 12.7. The molecule has 3 aromatic carbocycles. The van der Waals surface area contributed by atoms with Crippen LogP contribution in [-0.4, -0.2) is 9.55 Å². The van der Waals surface area contributed by atoms with Gasteiger partial charge in [0.2, 0.25) is 0 Å². The third-order valence-corrected chi connectivity index (χ3v) is 5.64. The number of rotatable bonds is 5. The number of nitrogens with zero attached hydrogens (tertiary/aromatic N) is 2. The minimum Gasteiger partial charge on any atom is -0.323 e. The van der Waals surface area contributed by atoms with Gasteiger partial charge >= 0.3 is 0 Å². The highest BCUT2D eigenvalue weighted by Crippen LogP contribution is 2.27. The van der Waals surface area contributed by atoms with Crippen molar-refractivity contribution in [2.24, 2.45) is 0 Å². The van der Waals surface area contributed by atoms with Gasteiger partial charge in [-0.15, -0.1) is 11.8 Å². The van der Waals surface area contributed by atoms with Crippen LogP contribution in [0, 0.1) is 0 Å². The lowest BCUT2D eigenvalue weighted by atomic mass is 10.2. The molecule has 0 atom stereocenters. The molecule has 0 aliphatic heterocycles. The summed E-state index contributed by atoms with van der Waals surface area (Å²) in [6, 6.07) is 24.1. The van der Waals surface area contributed by atoms with E-state index in [0.717, 1.165) is 39.2 Å². The van der Waals surface area contributed by atoms with E-state index in [1.54, 1.807) is 11.8 Å². The topological polar surface area (TPSA) is 17.8 Å². The van der Waals surface area contributed by atoms with Gasteiger partial charge in [0, 0.05) is 21.5 Å². The Labute approximate surface area is 166 Å². The fourth-order valence-electron chi connectivity index (χ4n) is 2.91. The summed E-state index contributed by atoms with van der Waals surface area (Å²) in [5, 5.41) is 1.51. The SMILES string of the molecule is Clc1ccc(SCc2nc3ccccc3n2Cc2cccc(Cl)c2)cc1. The van der Waals surface area contributed by atoms with E-state index in [2.05, 4.69) is 28.8 Å². The van der Waals surface area contributed by atoms with Gasteiger partial charge in [-0.1, -0.05) is 47.5 Å². The van der Waals surface area contributed by atoms with E-state index in [4.69, 9.17) is 28.2 Å². The van der Waals surface area contributed by atoms with Crippen LogP contribution >= 0.6 is 35.0 Å². The Morgan fingerprint density at radius 3 is 2.46 bits per heavy atom. The molecule has 26 heavy (non-hydrogen) atoms. The molecule has 2 nitrogen and oxygen atoms in total. The predicted octanol–water partition coefficient (Wildman–Crippen LogP) is 6.68. The Morgan fingerprint density at radius 1 is 0.846 bits per heavy atom. The Bertz CT molecular complexity index is 1040. The lowest BCUT2D eigenvalue weighted by molar-refractivity contribution is 0.780. The molecule has 4 aromatic rings. The summed E-state index contributed by atoms with van der Waals surface area (Å²) < 4.78 is 2.27. The molecule has 0 fully saturated rings. The third-order valence-electron chi connectivity index (χ3n) is 4.14. The van der Waals surface area contributed by atoms with Crippen LogP contribution in [0.25, 0.3) is 11.0 Å². The van der Waals surface area contributed by atoms with E-state index in [1.807, 2.05) is 48.5 Å². The van der Waals surface area contributed by atoms with Crippen LogP contribution in [-0.2, 0) is 12.3 Å². The predicted molar refractivity (Wildman–Crippen MR) is 111 cm³/mol. The first-order valence-electron chi connectivity index (χ1n) is 8.26. The fraction of sp³-hybridized carbons (Fsp3) is 0.0952. The van der Waals surface area contributed by atoms with Crippen LogP contribution in [0.1, 0.15) is 11.4 Å². The summed E-state index contributed by atoms with van der Waals surface area (Å²) >= 11 is 13.9. The average molecular weight is 399 g/mol. The molecule has 5 heteroatoms. The largest absolute Gasteiger partial charge is 0.323 e. The van der Waals surface area contributed by atoms with Crippen molar-refractivity contribution in [3.63, 3.8) is 0 Å². The summed E-state index contributed by atoms with van der Waals surface area (Å²) in [6.45, 7) is 0.748. The Kier molecular flexibility index (Phi) is 5.21. The summed E-state index contributed by atoms with van der Waals surface area (Å²) in [4.78, 5) is 6.02. The van der Waals surface area contributed by atoms with Gasteiger partial charge in [0.25, 0.3) is 0 Å². The number of benzene rings is 3. The van der Waals surface area contributed by atoms with Gasteiger partial charge in [-0.2, -0.15) is 0 Å². The van der Waals surface area contributed by atoms with Gasteiger partial charge in [-0.05, 0) is 54.1 Å². The van der Waals surface area contributed by atoms with Crippen LogP contribution in [0.5, 0.6) is 0 Å². The number of aromatic nitrogens is 2. The molecule has 130 valence electrons. The number of hydrogen-bond acceptors (Lipinski definition) is 2. The second-order valence-electron chi connectivity index (χ2n) is 5.98. The Hall–Kier alpha value is -1.94. The highest BCUT2D eigenvalue weighted by molar-refractivity contribution is 7.98. The Balaban J connectivity index is 1.65. The van der Waals surface area contributed by atoms with Crippen molar-refractivity contribution >= 4 is 46.0 Å². The molecular formula is C21H16Cl2N2S. The summed E-state index contributed by atoms with van der Waals surface area (Å²) in [5.74, 6) is 1.84. The molecule has 0 amide bonds. The molecule has 0 unspecified atom stereocenters.